The smallest absolute Gasteiger partial charge is 0.449 e. The predicted molar refractivity (Wildman–Crippen MR) is 90.3 cm³/mol. The highest BCUT2D eigenvalue weighted by Crippen LogP contribution is 2.45. The summed E-state index contributed by atoms with van der Waals surface area (Å²) in [5.74, 6) is -0.344. The quantitative estimate of drug-likeness (QED) is 0.804. The molecule has 0 aliphatic heterocycles. The first-order valence-corrected chi connectivity index (χ1v) is 8.30. The summed E-state index contributed by atoms with van der Waals surface area (Å²) in [6.07, 6.45) is -0.129. The Hall–Kier alpha value is -2.47. The van der Waals surface area contributed by atoms with E-state index in [4.69, 9.17) is 4.74 Å². The van der Waals surface area contributed by atoms with Crippen molar-refractivity contribution < 1.29 is 24.1 Å². The minimum absolute atomic E-state index is 0.0714. The summed E-state index contributed by atoms with van der Waals surface area (Å²) in [7, 11) is 0. The van der Waals surface area contributed by atoms with Gasteiger partial charge in [-0.05, 0) is 42.9 Å². The standard InChI is InChI=1S/C19H20FNO4/c1-10(2)17-18(25-19(23)24)15(11-6-8-12(20)9-7-11)16-13(21-17)4-3-5-14(16)22/h6-10,14,22H,3-5H2,1-2H3,(H,23,24). The zero-order valence-corrected chi connectivity index (χ0v) is 14.1. The summed E-state index contributed by atoms with van der Waals surface area (Å²) >= 11 is 0. The van der Waals surface area contributed by atoms with Gasteiger partial charge in [0.25, 0.3) is 0 Å². The van der Waals surface area contributed by atoms with Crippen LogP contribution in [0.15, 0.2) is 24.3 Å². The molecule has 1 aliphatic rings. The van der Waals surface area contributed by atoms with Gasteiger partial charge < -0.3 is 14.9 Å². The van der Waals surface area contributed by atoms with Crippen LogP contribution < -0.4 is 4.74 Å². The maximum atomic E-state index is 13.3. The molecule has 1 aliphatic carbocycles. The number of ether oxygens (including phenoxy) is 1. The van der Waals surface area contributed by atoms with Gasteiger partial charge >= 0.3 is 6.16 Å². The predicted octanol–water partition coefficient (Wildman–Crippen LogP) is 4.44. The number of hydrogen-bond acceptors (Lipinski definition) is 4. The minimum atomic E-state index is -1.45. The van der Waals surface area contributed by atoms with Crippen LogP contribution in [0.3, 0.4) is 0 Å². The number of carboxylic acid groups (broad SMARTS) is 1. The molecule has 0 fully saturated rings. The van der Waals surface area contributed by atoms with E-state index in [1.54, 1.807) is 12.1 Å². The molecule has 3 rings (SSSR count). The Bertz CT molecular complexity index is 802. The summed E-state index contributed by atoms with van der Waals surface area (Å²) < 4.78 is 18.4. The molecule has 5 nitrogen and oxygen atoms in total. The number of aryl methyl sites for hydroxylation is 1. The third-order valence-corrected chi connectivity index (χ3v) is 4.39. The SMILES string of the molecule is CC(C)c1nc2c(c(-c3ccc(F)cc3)c1OC(=O)O)C(O)CCC2. The third kappa shape index (κ3) is 3.35. The molecule has 2 aromatic rings. The second-order valence-electron chi connectivity index (χ2n) is 6.50. The number of fused-ring (bicyclic) bond motifs is 1. The summed E-state index contributed by atoms with van der Waals surface area (Å²) in [6, 6.07) is 5.73. The Labute approximate surface area is 145 Å². The van der Waals surface area contributed by atoms with Crippen molar-refractivity contribution in [3.8, 4) is 16.9 Å². The van der Waals surface area contributed by atoms with E-state index in [1.165, 1.54) is 12.1 Å². The lowest BCUT2D eigenvalue weighted by molar-refractivity contribution is 0.141. The third-order valence-electron chi connectivity index (χ3n) is 4.39. The number of aliphatic hydroxyl groups is 1. The molecule has 0 radical (unpaired) electrons. The molecule has 1 aromatic heterocycles. The van der Waals surface area contributed by atoms with Crippen molar-refractivity contribution >= 4 is 6.16 Å². The van der Waals surface area contributed by atoms with Crippen LogP contribution >= 0.6 is 0 Å². The van der Waals surface area contributed by atoms with E-state index in [9.17, 15) is 19.4 Å². The number of rotatable bonds is 3. The second-order valence-corrected chi connectivity index (χ2v) is 6.50. The van der Waals surface area contributed by atoms with Crippen LogP contribution in [-0.2, 0) is 6.42 Å². The zero-order chi connectivity index (χ0) is 18.1. The van der Waals surface area contributed by atoms with Gasteiger partial charge in [0.2, 0.25) is 0 Å². The lowest BCUT2D eigenvalue weighted by atomic mass is 9.85. The van der Waals surface area contributed by atoms with Crippen molar-refractivity contribution in [2.45, 2.75) is 45.1 Å². The number of benzene rings is 1. The Morgan fingerprint density at radius 3 is 2.60 bits per heavy atom. The van der Waals surface area contributed by atoms with Crippen molar-refractivity contribution in [2.75, 3.05) is 0 Å². The first-order chi connectivity index (χ1) is 11.9. The summed E-state index contributed by atoms with van der Waals surface area (Å²) in [4.78, 5) is 15.9. The van der Waals surface area contributed by atoms with Gasteiger partial charge in [-0.1, -0.05) is 26.0 Å². The summed E-state index contributed by atoms with van der Waals surface area (Å²) in [5.41, 5.74) is 2.94. The molecule has 0 amide bonds. The molecule has 132 valence electrons. The van der Waals surface area contributed by atoms with Crippen molar-refractivity contribution in [3.05, 3.63) is 47.0 Å². The van der Waals surface area contributed by atoms with Crippen molar-refractivity contribution in [1.82, 2.24) is 4.98 Å². The number of aliphatic hydroxyl groups excluding tert-OH is 1. The van der Waals surface area contributed by atoms with E-state index < -0.39 is 18.1 Å². The molecular formula is C19H20FNO4. The lowest BCUT2D eigenvalue weighted by Crippen LogP contribution is -2.18. The monoisotopic (exact) mass is 345 g/mol. The van der Waals surface area contributed by atoms with Crippen LogP contribution in [0, 0.1) is 5.82 Å². The van der Waals surface area contributed by atoms with Gasteiger partial charge in [-0.25, -0.2) is 9.18 Å². The van der Waals surface area contributed by atoms with E-state index in [1.807, 2.05) is 13.8 Å². The van der Waals surface area contributed by atoms with Gasteiger partial charge in [0.15, 0.2) is 5.75 Å². The fraction of sp³-hybridized carbons (Fsp3) is 0.368. The Morgan fingerprint density at radius 1 is 1.32 bits per heavy atom. The van der Waals surface area contributed by atoms with Crippen molar-refractivity contribution in [3.63, 3.8) is 0 Å². The maximum absolute atomic E-state index is 13.3. The summed E-state index contributed by atoms with van der Waals surface area (Å²) in [6.45, 7) is 3.80. The number of halogens is 1. The van der Waals surface area contributed by atoms with Crippen LogP contribution in [0.1, 0.15) is 55.7 Å². The van der Waals surface area contributed by atoms with Gasteiger partial charge in [0.1, 0.15) is 5.82 Å². The average Bonchev–Trinajstić information content (AvgIpc) is 2.55. The maximum Gasteiger partial charge on any atom is 0.511 e. The fourth-order valence-electron chi connectivity index (χ4n) is 3.29. The van der Waals surface area contributed by atoms with E-state index in [0.717, 1.165) is 12.1 Å². The number of nitrogens with zero attached hydrogens (tertiary/aromatic N) is 1. The van der Waals surface area contributed by atoms with Crippen LogP contribution in [0.2, 0.25) is 0 Å². The molecule has 6 heteroatoms. The minimum Gasteiger partial charge on any atom is -0.449 e. The Morgan fingerprint density at radius 2 is 2.00 bits per heavy atom. The molecule has 1 unspecified atom stereocenters. The molecule has 0 bridgehead atoms. The topological polar surface area (TPSA) is 79.7 Å². The highest BCUT2D eigenvalue weighted by Gasteiger charge is 2.30. The molecule has 1 aromatic carbocycles. The Balaban J connectivity index is 2.35. The number of hydrogen-bond donors (Lipinski definition) is 2. The Kier molecular flexibility index (Phi) is 4.72. The average molecular weight is 345 g/mol. The van der Waals surface area contributed by atoms with Crippen molar-refractivity contribution in [2.24, 2.45) is 0 Å². The zero-order valence-electron chi connectivity index (χ0n) is 14.1. The second kappa shape index (κ2) is 6.80. The molecule has 1 heterocycles. The van der Waals surface area contributed by atoms with Crippen LogP contribution in [-0.4, -0.2) is 21.4 Å². The molecule has 0 saturated carbocycles. The first-order valence-electron chi connectivity index (χ1n) is 8.30. The van der Waals surface area contributed by atoms with E-state index >= 15 is 0 Å². The fourth-order valence-corrected chi connectivity index (χ4v) is 3.29. The van der Waals surface area contributed by atoms with Crippen molar-refractivity contribution in [1.29, 1.82) is 0 Å². The molecule has 25 heavy (non-hydrogen) atoms. The normalized spacial score (nSPS) is 16.6. The van der Waals surface area contributed by atoms with Gasteiger partial charge in [-0.2, -0.15) is 0 Å². The molecule has 1 atom stereocenters. The molecule has 0 spiro atoms. The molecule has 2 N–H and O–H groups in total. The highest BCUT2D eigenvalue weighted by molar-refractivity contribution is 5.79. The number of aromatic nitrogens is 1. The number of carbonyl (C=O) groups is 1. The lowest BCUT2D eigenvalue weighted by Gasteiger charge is -2.27. The highest BCUT2D eigenvalue weighted by atomic mass is 19.1. The molecule has 0 saturated heterocycles. The first kappa shape index (κ1) is 17.4. The van der Waals surface area contributed by atoms with E-state index in [-0.39, 0.29) is 11.7 Å². The molecular weight excluding hydrogens is 325 g/mol. The van der Waals surface area contributed by atoms with Crippen LogP contribution in [0.4, 0.5) is 9.18 Å². The number of pyridine rings is 1. The van der Waals surface area contributed by atoms with Gasteiger partial charge in [-0.15, -0.1) is 0 Å². The van der Waals surface area contributed by atoms with Crippen LogP contribution in [0.25, 0.3) is 11.1 Å². The van der Waals surface area contributed by atoms with E-state index in [0.29, 0.717) is 35.2 Å². The summed E-state index contributed by atoms with van der Waals surface area (Å²) in [5, 5.41) is 19.7. The van der Waals surface area contributed by atoms with Crippen LogP contribution in [0.5, 0.6) is 5.75 Å². The van der Waals surface area contributed by atoms with E-state index in [2.05, 4.69) is 4.98 Å². The van der Waals surface area contributed by atoms with Gasteiger partial charge in [0, 0.05) is 16.8 Å². The largest absolute Gasteiger partial charge is 0.511 e. The van der Waals surface area contributed by atoms with Gasteiger partial charge in [0.05, 0.1) is 11.8 Å². The van der Waals surface area contributed by atoms with Gasteiger partial charge in [-0.3, -0.25) is 4.98 Å².